The van der Waals surface area contributed by atoms with Gasteiger partial charge in [0.05, 0.1) is 0 Å². The number of rotatable bonds is 13. The number of carboxylic acids is 1. The van der Waals surface area contributed by atoms with Crippen LogP contribution in [0.2, 0.25) is 0 Å². The molecule has 1 aliphatic rings. The van der Waals surface area contributed by atoms with Crippen LogP contribution in [0.1, 0.15) is 56.2 Å². The van der Waals surface area contributed by atoms with Crippen LogP contribution in [0, 0.1) is 0 Å². The smallest absolute Gasteiger partial charge is 0.407 e. The monoisotopic (exact) mass is 677 g/mol. The molecule has 3 amide bonds. The summed E-state index contributed by atoms with van der Waals surface area (Å²) in [5.41, 5.74) is 6.42. The third kappa shape index (κ3) is 9.49. The maximum absolute atomic E-state index is 13.6. The van der Waals surface area contributed by atoms with Crippen LogP contribution in [0.25, 0.3) is 22.3 Å². The largest absolute Gasteiger partial charge is 0.480 e. The Morgan fingerprint density at radius 3 is 1.90 bits per heavy atom. The van der Waals surface area contributed by atoms with Gasteiger partial charge in [-0.05, 0) is 72.6 Å². The molecule has 260 valence electrons. The van der Waals surface area contributed by atoms with E-state index in [9.17, 15) is 24.3 Å². The van der Waals surface area contributed by atoms with Gasteiger partial charge in [-0.2, -0.15) is 0 Å². The quantitative estimate of drug-likeness (QED) is 0.116. The molecule has 0 radical (unpaired) electrons. The van der Waals surface area contributed by atoms with E-state index in [1.807, 2.05) is 103 Å². The number of amides is 3. The number of hydrogen-bond donors (Lipinski definition) is 4. The van der Waals surface area contributed by atoms with Gasteiger partial charge >= 0.3 is 18.2 Å². The van der Waals surface area contributed by atoms with Gasteiger partial charge in [-0.25, -0.2) is 14.4 Å². The van der Waals surface area contributed by atoms with Crippen LogP contribution in [-0.4, -0.2) is 60.0 Å². The number of carboxylic acid groups (broad SMARTS) is 1. The number of alkyl carbamates (subject to hydrolysis) is 2. The highest BCUT2D eigenvalue weighted by Gasteiger charge is 2.31. The van der Waals surface area contributed by atoms with Gasteiger partial charge < -0.3 is 30.5 Å². The molecule has 0 saturated heterocycles. The van der Waals surface area contributed by atoms with Crippen molar-refractivity contribution < 1.29 is 33.8 Å². The molecule has 0 heterocycles. The molecule has 0 unspecified atom stereocenters. The predicted octanol–water partition coefficient (Wildman–Crippen LogP) is 6.68. The van der Waals surface area contributed by atoms with Gasteiger partial charge in [0, 0.05) is 18.9 Å². The van der Waals surface area contributed by atoms with Gasteiger partial charge in [0.2, 0.25) is 5.91 Å². The van der Waals surface area contributed by atoms with E-state index in [0.717, 1.165) is 38.9 Å². The van der Waals surface area contributed by atoms with E-state index < -0.39 is 41.7 Å². The van der Waals surface area contributed by atoms with Gasteiger partial charge in [-0.15, -0.1) is 0 Å². The molecule has 0 saturated carbocycles. The Labute approximate surface area is 292 Å². The molecule has 1 aliphatic carbocycles. The summed E-state index contributed by atoms with van der Waals surface area (Å²) in [5.74, 6) is -2.07. The van der Waals surface area contributed by atoms with Crippen LogP contribution < -0.4 is 16.0 Å². The number of carbonyl (C=O) groups excluding carboxylic acids is 3. The molecule has 0 aromatic heterocycles. The fraction of sp³-hybridized carbons (Fsp3) is 0.300. The molecule has 4 aromatic rings. The van der Waals surface area contributed by atoms with Crippen molar-refractivity contribution in [2.24, 2.45) is 0 Å². The maximum Gasteiger partial charge on any atom is 0.407 e. The first-order valence-corrected chi connectivity index (χ1v) is 16.7. The summed E-state index contributed by atoms with van der Waals surface area (Å²) in [6.45, 7) is 5.44. The molecule has 10 nitrogen and oxygen atoms in total. The third-order valence-corrected chi connectivity index (χ3v) is 8.41. The van der Waals surface area contributed by atoms with Crippen molar-refractivity contribution in [1.82, 2.24) is 16.0 Å². The fourth-order valence-electron chi connectivity index (χ4n) is 6.03. The Morgan fingerprint density at radius 1 is 0.720 bits per heavy atom. The Morgan fingerprint density at radius 2 is 1.30 bits per heavy atom. The van der Waals surface area contributed by atoms with Crippen LogP contribution in [0.4, 0.5) is 9.59 Å². The van der Waals surface area contributed by atoms with E-state index in [1.165, 1.54) is 0 Å². The standard InChI is InChI=1S/C40H43N3O7/c1-40(2,3)50-38(47)41-23-11-18-34(37(45)46)42-36(44)35(24-26-19-21-28(22-20-26)27-12-5-4-6-13-27)43-39(48)49-25-33-31-16-9-7-14-29(31)30-15-8-10-17-32(30)33/h4-10,12-17,19-22,33-35H,11,18,23-25H2,1-3H3,(H,41,47)(H,42,44)(H,43,48)(H,45,46)/t34-,35-/m1/s1. The SMILES string of the molecule is CC(C)(C)OC(=O)NCCC[C@@H](NC(=O)[C@@H](Cc1ccc(-c2ccccc2)cc1)NC(=O)OCC1c2ccccc2-c2ccccc21)C(=O)O. The van der Waals surface area contributed by atoms with E-state index in [1.54, 1.807) is 20.8 Å². The topological polar surface area (TPSA) is 143 Å². The van der Waals surface area contributed by atoms with E-state index in [0.29, 0.717) is 0 Å². The number of hydrogen-bond acceptors (Lipinski definition) is 6. The highest BCUT2D eigenvalue weighted by molar-refractivity contribution is 5.89. The third-order valence-electron chi connectivity index (χ3n) is 8.41. The Kier molecular flexibility index (Phi) is 11.5. The molecule has 5 rings (SSSR count). The van der Waals surface area contributed by atoms with Crippen LogP contribution >= 0.6 is 0 Å². The molecule has 4 N–H and O–H groups in total. The molecule has 50 heavy (non-hydrogen) atoms. The second-order valence-corrected chi connectivity index (χ2v) is 13.3. The first-order chi connectivity index (χ1) is 24.0. The summed E-state index contributed by atoms with van der Waals surface area (Å²) in [7, 11) is 0. The lowest BCUT2D eigenvalue weighted by atomic mass is 9.98. The molecule has 0 bridgehead atoms. The number of ether oxygens (including phenoxy) is 2. The Hall–Kier alpha value is -5.64. The Bertz CT molecular complexity index is 1760. The first kappa shape index (κ1) is 35.7. The van der Waals surface area contributed by atoms with Crippen molar-refractivity contribution in [3.05, 3.63) is 120 Å². The number of fused-ring (bicyclic) bond motifs is 3. The fourth-order valence-corrected chi connectivity index (χ4v) is 6.03. The zero-order valence-corrected chi connectivity index (χ0v) is 28.5. The summed E-state index contributed by atoms with van der Waals surface area (Å²) in [4.78, 5) is 51.0. The number of aliphatic carboxylic acids is 1. The highest BCUT2D eigenvalue weighted by atomic mass is 16.6. The average molecular weight is 678 g/mol. The van der Waals surface area contributed by atoms with E-state index in [-0.39, 0.29) is 38.3 Å². The molecule has 4 aromatic carbocycles. The molecule has 2 atom stereocenters. The zero-order valence-electron chi connectivity index (χ0n) is 28.5. The van der Waals surface area contributed by atoms with Crippen molar-refractivity contribution in [1.29, 1.82) is 0 Å². The van der Waals surface area contributed by atoms with E-state index >= 15 is 0 Å². The minimum atomic E-state index is -1.25. The summed E-state index contributed by atoms with van der Waals surface area (Å²) in [6, 6.07) is 31.1. The lowest BCUT2D eigenvalue weighted by molar-refractivity contribution is -0.142. The van der Waals surface area contributed by atoms with Gasteiger partial charge in [0.25, 0.3) is 0 Å². The number of nitrogens with one attached hydrogen (secondary N) is 3. The molecule has 0 fully saturated rings. The van der Waals surface area contributed by atoms with Gasteiger partial charge in [-0.1, -0.05) is 103 Å². The number of carbonyl (C=O) groups is 4. The number of benzene rings is 4. The lowest BCUT2D eigenvalue weighted by Crippen LogP contribution is -2.52. The minimum absolute atomic E-state index is 0.0420. The van der Waals surface area contributed by atoms with Gasteiger partial charge in [-0.3, -0.25) is 4.79 Å². The van der Waals surface area contributed by atoms with Crippen molar-refractivity contribution in [2.75, 3.05) is 13.2 Å². The minimum Gasteiger partial charge on any atom is -0.480 e. The molecule has 0 spiro atoms. The highest BCUT2D eigenvalue weighted by Crippen LogP contribution is 2.44. The molecule has 0 aliphatic heterocycles. The second-order valence-electron chi connectivity index (χ2n) is 13.3. The summed E-state index contributed by atoms with van der Waals surface area (Å²) < 4.78 is 10.9. The van der Waals surface area contributed by atoms with Crippen molar-refractivity contribution >= 4 is 24.1 Å². The second kappa shape index (κ2) is 16.2. The normalized spacial score (nSPS) is 13.3. The molecular formula is C40H43N3O7. The summed E-state index contributed by atoms with van der Waals surface area (Å²) >= 11 is 0. The van der Waals surface area contributed by atoms with Crippen LogP contribution in [0.5, 0.6) is 0 Å². The lowest BCUT2D eigenvalue weighted by Gasteiger charge is -2.22. The van der Waals surface area contributed by atoms with Crippen LogP contribution in [0.3, 0.4) is 0 Å². The summed E-state index contributed by atoms with van der Waals surface area (Å²) in [5, 5.41) is 17.8. The predicted molar refractivity (Wildman–Crippen MR) is 191 cm³/mol. The maximum atomic E-state index is 13.6. The van der Waals surface area contributed by atoms with Gasteiger partial charge in [0.15, 0.2) is 0 Å². The van der Waals surface area contributed by atoms with E-state index in [4.69, 9.17) is 9.47 Å². The van der Waals surface area contributed by atoms with E-state index in [2.05, 4.69) is 16.0 Å². The molecular weight excluding hydrogens is 634 g/mol. The van der Waals surface area contributed by atoms with Crippen LogP contribution in [-0.2, 0) is 25.5 Å². The first-order valence-electron chi connectivity index (χ1n) is 16.7. The molecule has 10 heteroatoms. The van der Waals surface area contributed by atoms with Crippen molar-refractivity contribution in [2.45, 2.75) is 63.6 Å². The average Bonchev–Trinajstić information content (AvgIpc) is 3.41. The van der Waals surface area contributed by atoms with Crippen molar-refractivity contribution in [3.8, 4) is 22.3 Å². The van der Waals surface area contributed by atoms with Crippen LogP contribution in [0.15, 0.2) is 103 Å². The van der Waals surface area contributed by atoms with Crippen molar-refractivity contribution in [3.63, 3.8) is 0 Å². The summed E-state index contributed by atoms with van der Waals surface area (Å²) in [6.07, 6.45) is -1.000. The van der Waals surface area contributed by atoms with Gasteiger partial charge in [0.1, 0.15) is 24.3 Å². The Balaban J connectivity index is 1.26. The zero-order chi connectivity index (χ0) is 35.7.